The molecule has 0 amide bonds. The van der Waals surface area contributed by atoms with E-state index in [0.29, 0.717) is 0 Å². The summed E-state index contributed by atoms with van der Waals surface area (Å²) in [6.45, 7) is 3.71. The molecular weight excluding hydrogens is 336 g/mol. The average Bonchev–Trinajstić information content (AvgIpc) is 3.36. The van der Waals surface area contributed by atoms with E-state index in [1.165, 1.54) is 83.6 Å². The van der Waals surface area contributed by atoms with Gasteiger partial charge in [0.2, 0.25) is 0 Å². The van der Waals surface area contributed by atoms with Gasteiger partial charge in [0, 0.05) is 5.56 Å². The molecule has 1 aromatic carbocycles. The van der Waals surface area contributed by atoms with Crippen LogP contribution in [0.5, 0.6) is 0 Å². The van der Waals surface area contributed by atoms with Crippen molar-refractivity contribution in [1.29, 1.82) is 0 Å². The van der Waals surface area contributed by atoms with Crippen molar-refractivity contribution in [2.75, 3.05) is 0 Å². The van der Waals surface area contributed by atoms with Crippen LogP contribution in [0, 0.1) is 18.8 Å². The summed E-state index contributed by atoms with van der Waals surface area (Å²) in [5.41, 5.74) is 1.08. The van der Waals surface area contributed by atoms with Gasteiger partial charge in [-0.25, -0.2) is 0 Å². The van der Waals surface area contributed by atoms with Crippen LogP contribution in [0.15, 0.2) is 30.3 Å². The minimum absolute atomic E-state index is 0.884. The second-order valence-electron chi connectivity index (χ2n) is 5.81. The van der Waals surface area contributed by atoms with Crippen molar-refractivity contribution in [1.82, 2.24) is 0 Å². The molecule has 0 heterocycles. The summed E-state index contributed by atoms with van der Waals surface area (Å²) in [5.74, 6) is 6.09. The summed E-state index contributed by atoms with van der Waals surface area (Å²) >= 11 is 1.47. The summed E-state index contributed by atoms with van der Waals surface area (Å²) in [7, 11) is 4.64. The summed E-state index contributed by atoms with van der Waals surface area (Å²) in [6, 6.07) is 10.0. The Morgan fingerprint density at radius 3 is 1.52 bits per heavy atom. The van der Waals surface area contributed by atoms with Crippen LogP contribution in [-0.2, 0) is 19.4 Å². The van der Waals surface area contributed by atoms with E-state index in [-0.39, 0.29) is 0 Å². The predicted molar refractivity (Wildman–Crippen MR) is 99.9 cm³/mol. The number of halogens is 1. The molecule has 0 bridgehead atoms. The van der Waals surface area contributed by atoms with Gasteiger partial charge in [-0.2, -0.15) is 6.42 Å². The van der Waals surface area contributed by atoms with Gasteiger partial charge in [-0.3, -0.25) is 0 Å². The molecule has 126 valence electrons. The Morgan fingerprint density at radius 1 is 0.783 bits per heavy atom. The van der Waals surface area contributed by atoms with Crippen molar-refractivity contribution in [2.24, 2.45) is 0 Å². The van der Waals surface area contributed by atoms with Crippen LogP contribution in [-0.4, -0.2) is 0 Å². The molecule has 0 aromatic heterocycles. The molecule has 0 aliphatic heterocycles. The fourth-order valence-corrected chi connectivity index (χ4v) is 2.54. The van der Waals surface area contributed by atoms with E-state index >= 15 is 0 Å². The topological polar surface area (TPSA) is 0 Å². The van der Waals surface area contributed by atoms with E-state index in [0.717, 1.165) is 18.4 Å². The third-order valence-electron chi connectivity index (χ3n) is 3.81. The van der Waals surface area contributed by atoms with Crippen LogP contribution in [0.25, 0.3) is 0 Å². The molecule has 23 heavy (non-hydrogen) atoms. The number of unbranched alkanes of at least 4 members (excludes halogenated alkanes) is 1. The van der Waals surface area contributed by atoms with Crippen LogP contribution in [0.4, 0.5) is 0 Å². The monoisotopic (exact) mass is 366 g/mol. The second kappa shape index (κ2) is 19.8. The summed E-state index contributed by atoms with van der Waals surface area (Å²) in [5, 5.41) is 0. The molecule has 0 nitrogen and oxygen atoms in total. The summed E-state index contributed by atoms with van der Waals surface area (Å²) in [4.78, 5) is 0. The first-order chi connectivity index (χ1) is 11.4. The van der Waals surface area contributed by atoms with Crippen molar-refractivity contribution in [3.8, 4) is 11.8 Å². The van der Waals surface area contributed by atoms with Crippen LogP contribution in [0.2, 0.25) is 0 Å². The molecule has 1 aromatic rings. The van der Waals surface area contributed by atoms with E-state index in [2.05, 4.69) is 28.1 Å². The number of hydrogen-bond donors (Lipinski definition) is 0. The molecule has 0 atom stereocenters. The molecule has 2 fully saturated rings. The average molecular weight is 367 g/mol. The van der Waals surface area contributed by atoms with Crippen LogP contribution >= 0.6 is 9.30 Å². The van der Waals surface area contributed by atoms with Gasteiger partial charge >= 0.3 is 28.7 Å². The van der Waals surface area contributed by atoms with Crippen LogP contribution < -0.4 is 0 Å². The van der Waals surface area contributed by atoms with E-state index in [1.807, 2.05) is 30.3 Å². The molecular formula is C21H31ClTi. The predicted octanol–water partition coefficient (Wildman–Crippen LogP) is 7.24. The molecule has 0 unspecified atom stereocenters. The first-order valence-electron chi connectivity index (χ1n) is 8.95. The van der Waals surface area contributed by atoms with Crippen molar-refractivity contribution >= 4 is 9.30 Å². The molecule has 2 heteroatoms. The molecule has 2 aliphatic carbocycles. The summed E-state index contributed by atoms with van der Waals surface area (Å²) in [6.07, 6.45) is 16.8. The van der Waals surface area contributed by atoms with E-state index in [1.54, 1.807) is 0 Å². The van der Waals surface area contributed by atoms with Crippen molar-refractivity contribution in [3.05, 3.63) is 42.8 Å². The molecule has 0 spiro atoms. The Balaban J connectivity index is 0.000000334. The molecule has 0 N–H and O–H groups in total. The van der Waals surface area contributed by atoms with Gasteiger partial charge in [0.1, 0.15) is 0 Å². The van der Waals surface area contributed by atoms with Gasteiger partial charge < -0.3 is 6.92 Å². The Kier molecular flexibility index (Phi) is 19.6. The third kappa shape index (κ3) is 16.4. The van der Waals surface area contributed by atoms with Gasteiger partial charge in [-0.1, -0.05) is 88.3 Å². The van der Waals surface area contributed by atoms with E-state index in [9.17, 15) is 0 Å². The zero-order chi connectivity index (χ0) is 17.0. The van der Waals surface area contributed by atoms with Crippen molar-refractivity contribution in [3.63, 3.8) is 0 Å². The molecule has 0 saturated heterocycles. The van der Waals surface area contributed by atoms with Gasteiger partial charge in [0.05, 0.1) is 0 Å². The first kappa shape index (κ1) is 22.8. The Labute approximate surface area is 160 Å². The normalized spacial score (nSPS) is 14.7. The molecule has 3 rings (SSSR count). The van der Waals surface area contributed by atoms with Crippen LogP contribution in [0.1, 0.15) is 82.6 Å². The fourth-order valence-electron chi connectivity index (χ4n) is 2.54. The van der Waals surface area contributed by atoms with E-state index < -0.39 is 0 Å². The first-order valence-corrected chi connectivity index (χ1v) is 11.1. The number of benzene rings is 1. The van der Waals surface area contributed by atoms with Crippen LogP contribution in [0.3, 0.4) is 0 Å². The fraction of sp³-hybridized carbons (Fsp3) is 0.571. The second-order valence-corrected chi connectivity index (χ2v) is 5.81. The summed E-state index contributed by atoms with van der Waals surface area (Å²) < 4.78 is 0. The van der Waals surface area contributed by atoms with Crippen molar-refractivity contribution < 1.29 is 19.4 Å². The Morgan fingerprint density at radius 2 is 1.17 bits per heavy atom. The van der Waals surface area contributed by atoms with Gasteiger partial charge in [0.15, 0.2) is 0 Å². The number of hydrogen-bond acceptors (Lipinski definition) is 0. The number of rotatable bonds is 1. The Hall–Kier alpha value is -0.216. The molecule has 2 saturated carbocycles. The molecule has 2 aliphatic rings. The maximum atomic E-state index is 4.64. The SMILES string of the molecule is C1CCCC1.C1CCCC1.[CH2-]CCC#Cc1ccccc1.[Cl][Ti+]. The zero-order valence-corrected chi connectivity index (χ0v) is 16.8. The molecule has 0 radical (unpaired) electrons. The van der Waals surface area contributed by atoms with Crippen molar-refractivity contribution in [2.45, 2.75) is 77.0 Å². The standard InChI is InChI=1S/C11H11.2C5H10.ClH.Ti/c1-2-3-5-8-11-9-6-4-7-10-11;2*1-2-4-5-3-1;;/h4,6-7,9-10H,1-3H2;2*1-5H2;1H;/q-1;;;;+2/p-1. The Bertz CT molecular complexity index is 358. The quantitative estimate of drug-likeness (QED) is 0.279. The van der Waals surface area contributed by atoms with E-state index in [4.69, 9.17) is 0 Å². The van der Waals surface area contributed by atoms with Gasteiger partial charge in [-0.15, -0.1) is 5.92 Å². The zero-order valence-electron chi connectivity index (χ0n) is 14.5. The third-order valence-corrected chi connectivity index (χ3v) is 3.81. The maximum absolute atomic E-state index is 4.64. The van der Waals surface area contributed by atoms with Gasteiger partial charge in [0.25, 0.3) is 0 Å². The minimum atomic E-state index is 0.884. The van der Waals surface area contributed by atoms with Gasteiger partial charge in [-0.05, 0) is 18.6 Å².